The standard InChI is InChI=1S/C22H18FNO3S/c1-11-3-4-12(2)15(9-11)16-10-17(25)24-19-18(13-5-7-14(23)8-6-13)21(22(26)27)28-20(16)19/h3-9,16H,10H2,1-2H3,(H,24,25)(H,26,27)/t16-/m0/s1. The van der Waals surface area contributed by atoms with E-state index in [1.54, 1.807) is 0 Å². The molecule has 0 aliphatic carbocycles. The number of benzene rings is 2. The van der Waals surface area contributed by atoms with Gasteiger partial charge in [-0.1, -0.05) is 35.9 Å². The molecule has 1 amide bonds. The molecule has 142 valence electrons. The van der Waals surface area contributed by atoms with Crippen LogP contribution >= 0.6 is 11.3 Å². The Morgan fingerprint density at radius 2 is 1.89 bits per heavy atom. The number of carbonyl (C=O) groups excluding carboxylic acids is 1. The molecule has 3 aromatic rings. The molecule has 2 aromatic carbocycles. The maximum atomic E-state index is 13.4. The van der Waals surface area contributed by atoms with Crippen LogP contribution < -0.4 is 5.32 Å². The van der Waals surface area contributed by atoms with Crippen LogP contribution in [0.15, 0.2) is 42.5 Å². The first-order chi connectivity index (χ1) is 13.3. The van der Waals surface area contributed by atoms with E-state index >= 15 is 0 Å². The van der Waals surface area contributed by atoms with Gasteiger partial charge in [0.25, 0.3) is 0 Å². The second-order valence-corrected chi connectivity index (χ2v) is 8.07. The maximum absolute atomic E-state index is 13.4. The summed E-state index contributed by atoms with van der Waals surface area (Å²) in [5, 5.41) is 12.6. The molecular formula is C22H18FNO3S. The molecule has 1 atom stereocenters. The lowest BCUT2D eigenvalue weighted by molar-refractivity contribution is -0.116. The number of aryl methyl sites for hydroxylation is 2. The van der Waals surface area contributed by atoms with Gasteiger partial charge < -0.3 is 10.4 Å². The third-order valence-corrected chi connectivity index (χ3v) is 6.33. The van der Waals surface area contributed by atoms with Crippen LogP contribution in [-0.4, -0.2) is 17.0 Å². The lowest BCUT2D eigenvalue weighted by atomic mass is 9.85. The zero-order valence-electron chi connectivity index (χ0n) is 15.4. The molecule has 0 bridgehead atoms. The summed E-state index contributed by atoms with van der Waals surface area (Å²) in [5.74, 6) is -1.83. The van der Waals surface area contributed by atoms with Gasteiger partial charge in [0.15, 0.2) is 0 Å². The van der Waals surface area contributed by atoms with Gasteiger partial charge in [-0.05, 0) is 42.7 Å². The van der Waals surface area contributed by atoms with Crippen molar-refractivity contribution in [3.63, 3.8) is 0 Å². The molecule has 0 saturated carbocycles. The molecule has 28 heavy (non-hydrogen) atoms. The number of rotatable bonds is 3. The number of hydrogen-bond acceptors (Lipinski definition) is 3. The molecule has 0 fully saturated rings. The van der Waals surface area contributed by atoms with Gasteiger partial charge in [-0.3, -0.25) is 4.79 Å². The van der Waals surface area contributed by atoms with Crippen molar-refractivity contribution in [1.29, 1.82) is 0 Å². The summed E-state index contributed by atoms with van der Waals surface area (Å²) >= 11 is 1.18. The van der Waals surface area contributed by atoms with Crippen LogP contribution in [0.3, 0.4) is 0 Å². The SMILES string of the molecule is Cc1ccc(C)c([C@@H]2CC(=O)Nc3c2sc(C(=O)O)c3-c2ccc(F)cc2)c1. The number of halogens is 1. The molecule has 2 heterocycles. The van der Waals surface area contributed by atoms with Crippen molar-refractivity contribution in [3.8, 4) is 11.1 Å². The summed E-state index contributed by atoms with van der Waals surface area (Å²) < 4.78 is 13.4. The average Bonchev–Trinajstić information content (AvgIpc) is 3.03. The first-order valence-electron chi connectivity index (χ1n) is 8.88. The van der Waals surface area contributed by atoms with E-state index in [2.05, 4.69) is 11.4 Å². The number of carboxylic acid groups (broad SMARTS) is 1. The highest BCUT2D eigenvalue weighted by Gasteiger charge is 2.35. The normalized spacial score (nSPS) is 15.8. The van der Waals surface area contributed by atoms with Gasteiger partial charge in [-0.2, -0.15) is 0 Å². The Balaban J connectivity index is 1.96. The molecule has 0 radical (unpaired) electrons. The number of carboxylic acids is 1. The van der Waals surface area contributed by atoms with Crippen LogP contribution in [0.2, 0.25) is 0 Å². The Morgan fingerprint density at radius 1 is 1.18 bits per heavy atom. The topological polar surface area (TPSA) is 66.4 Å². The van der Waals surface area contributed by atoms with Gasteiger partial charge in [0.1, 0.15) is 10.7 Å². The van der Waals surface area contributed by atoms with Crippen molar-refractivity contribution in [2.24, 2.45) is 0 Å². The van der Waals surface area contributed by atoms with E-state index in [1.165, 1.54) is 35.6 Å². The number of fused-ring (bicyclic) bond motifs is 1. The van der Waals surface area contributed by atoms with Crippen molar-refractivity contribution in [2.75, 3.05) is 5.32 Å². The summed E-state index contributed by atoms with van der Waals surface area (Å²) in [5.41, 5.74) is 4.71. The molecular weight excluding hydrogens is 377 g/mol. The van der Waals surface area contributed by atoms with Crippen LogP contribution in [0.25, 0.3) is 11.1 Å². The predicted octanol–water partition coefficient (Wildman–Crippen LogP) is 5.34. The van der Waals surface area contributed by atoms with Crippen LogP contribution in [0.1, 0.15) is 43.6 Å². The number of nitrogens with one attached hydrogen (secondary N) is 1. The van der Waals surface area contributed by atoms with Gasteiger partial charge in [0.05, 0.1) is 5.69 Å². The molecule has 1 aliphatic rings. The quantitative estimate of drug-likeness (QED) is 0.629. The average molecular weight is 395 g/mol. The van der Waals surface area contributed by atoms with Gasteiger partial charge in [0, 0.05) is 22.8 Å². The van der Waals surface area contributed by atoms with E-state index in [0.717, 1.165) is 21.6 Å². The minimum Gasteiger partial charge on any atom is -0.477 e. The summed E-state index contributed by atoms with van der Waals surface area (Å²) in [6.07, 6.45) is 0.264. The number of thiophene rings is 1. The minimum atomic E-state index is -1.06. The van der Waals surface area contributed by atoms with Gasteiger partial charge in [-0.25, -0.2) is 9.18 Å². The molecule has 0 saturated heterocycles. The van der Waals surface area contributed by atoms with Gasteiger partial charge in [0.2, 0.25) is 5.91 Å². The number of anilines is 1. The summed E-state index contributed by atoms with van der Waals surface area (Å²) in [7, 11) is 0. The van der Waals surface area contributed by atoms with E-state index in [4.69, 9.17) is 0 Å². The lowest BCUT2D eigenvalue weighted by Crippen LogP contribution is -2.23. The van der Waals surface area contributed by atoms with E-state index in [1.807, 2.05) is 26.0 Å². The summed E-state index contributed by atoms with van der Waals surface area (Å²) in [6.45, 7) is 3.99. The highest BCUT2D eigenvalue weighted by atomic mass is 32.1. The van der Waals surface area contributed by atoms with Crippen molar-refractivity contribution in [1.82, 2.24) is 0 Å². The van der Waals surface area contributed by atoms with Crippen molar-refractivity contribution in [3.05, 3.63) is 74.7 Å². The molecule has 2 N–H and O–H groups in total. The fourth-order valence-electron chi connectivity index (χ4n) is 3.72. The van der Waals surface area contributed by atoms with Crippen molar-refractivity contribution < 1.29 is 19.1 Å². The maximum Gasteiger partial charge on any atom is 0.346 e. The highest BCUT2D eigenvalue weighted by Crippen LogP contribution is 2.49. The second kappa shape index (κ2) is 6.87. The number of hydrogen-bond donors (Lipinski definition) is 2. The third kappa shape index (κ3) is 3.10. The number of amides is 1. The molecule has 4 nitrogen and oxygen atoms in total. The Bertz CT molecular complexity index is 1100. The number of aromatic carboxylic acids is 1. The Morgan fingerprint density at radius 3 is 2.57 bits per heavy atom. The Labute approximate surface area is 165 Å². The van der Waals surface area contributed by atoms with Crippen LogP contribution in [0.5, 0.6) is 0 Å². The molecule has 1 aromatic heterocycles. The molecule has 4 rings (SSSR count). The number of carbonyl (C=O) groups is 2. The second-order valence-electron chi connectivity index (χ2n) is 7.02. The highest BCUT2D eigenvalue weighted by molar-refractivity contribution is 7.15. The fourth-order valence-corrected chi connectivity index (χ4v) is 4.95. The predicted molar refractivity (Wildman–Crippen MR) is 108 cm³/mol. The smallest absolute Gasteiger partial charge is 0.346 e. The first kappa shape index (κ1) is 18.4. The summed E-state index contributed by atoms with van der Waals surface area (Å²) in [4.78, 5) is 25.4. The van der Waals surface area contributed by atoms with Crippen molar-refractivity contribution in [2.45, 2.75) is 26.2 Å². The van der Waals surface area contributed by atoms with E-state index < -0.39 is 11.8 Å². The van der Waals surface area contributed by atoms with E-state index in [-0.39, 0.29) is 23.1 Å². The molecule has 1 aliphatic heterocycles. The Hall–Kier alpha value is -2.99. The molecule has 6 heteroatoms. The van der Waals surface area contributed by atoms with Crippen LogP contribution in [0, 0.1) is 19.7 Å². The summed E-state index contributed by atoms with van der Waals surface area (Å²) in [6, 6.07) is 11.7. The lowest BCUT2D eigenvalue weighted by Gasteiger charge is -2.25. The van der Waals surface area contributed by atoms with Crippen molar-refractivity contribution >= 4 is 28.9 Å². The first-order valence-corrected chi connectivity index (χ1v) is 9.69. The zero-order valence-corrected chi connectivity index (χ0v) is 16.2. The monoisotopic (exact) mass is 395 g/mol. The van der Waals surface area contributed by atoms with E-state index in [9.17, 15) is 19.1 Å². The van der Waals surface area contributed by atoms with E-state index in [0.29, 0.717) is 16.8 Å². The van der Waals surface area contributed by atoms with Gasteiger partial charge in [-0.15, -0.1) is 11.3 Å². The molecule has 0 unspecified atom stereocenters. The Kier molecular flexibility index (Phi) is 4.51. The van der Waals surface area contributed by atoms with Crippen LogP contribution in [0.4, 0.5) is 10.1 Å². The zero-order chi connectivity index (χ0) is 20.0. The minimum absolute atomic E-state index is 0.147. The third-order valence-electron chi connectivity index (χ3n) is 5.04. The molecule has 0 spiro atoms. The fraction of sp³-hybridized carbons (Fsp3) is 0.182. The largest absolute Gasteiger partial charge is 0.477 e. The van der Waals surface area contributed by atoms with Gasteiger partial charge >= 0.3 is 5.97 Å². The van der Waals surface area contributed by atoms with Crippen LogP contribution in [-0.2, 0) is 4.79 Å².